The molecule has 1 unspecified atom stereocenters. The molecule has 10 heteroatoms. The average Bonchev–Trinajstić information content (AvgIpc) is 3.54. The second kappa shape index (κ2) is 10.6. The summed E-state index contributed by atoms with van der Waals surface area (Å²) in [7, 11) is -5.26. The fourth-order valence-corrected chi connectivity index (χ4v) is 8.26. The Kier molecular flexibility index (Phi) is 7.21. The van der Waals surface area contributed by atoms with Crippen LogP contribution in [-0.2, 0) is 27.1 Å². The summed E-state index contributed by atoms with van der Waals surface area (Å²) in [6.45, 7) is 13.4. The van der Waals surface area contributed by atoms with E-state index in [1.54, 1.807) is 54.7 Å². The number of hydrogen-bond donors (Lipinski definition) is 1. The van der Waals surface area contributed by atoms with Gasteiger partial charge >= 0.3 is 0 Å². The van der Waals surface area contributed by atoms with E-state index in [0.717, 1.165) is 28.3 Å². The number of nitriles is 1. The third-order valence-corrected chi connectivity index (χ3v) is 11.7. The highest BCUT2D eigenvalue weighted by Crippen LogP contribution is 2.46. The molecule has 1 aliphatic carbocycles. The molecule has 0 fully saturated rings. The molecule has 226 valence electrons. The molecule has 1 atom stereocenters. The minimum atomic E-state index is -3.93. The maximum Gasteiger partial charge on any atom is 0.268 e. The van der Waals surface area contributed by atoms with Gasteiger partial charge in [-0.2, -0.15) is 5.26 Å². The fraction of sp³-hybridized carbons (Fsp3) is 0.294. The van der Waals surface area contributed by atoms with Crippen LogP contribution in [0.5, 0.6) is 0 Å². The van der Waals surface area contributed by atoms with Gasteiger partial charge in [0.25, 0.3) is 10.0 Å². The average molecular weight is 625 g/mol. The van der Waals surface area contributed by atoms with Crippen molar-refractivity contribution in [1.29, 1.82) is 5.26 Å². The van der Waals surface area contributed by atoms with Crippen molar-refractivity contribution in [2.45, 2.75) is 63.7 Å². The van der Waals surface area contributed by atoms with E-state index in [9.17, 15) is 18.8 Å². The van der Waals surface area contributed by atoms with Crippen LogP contribution in [-0.4, -0.2) is 41.7 Å². The van der Waals surface area contributed by atoms with Gasteiger partial charge in [0.05, 0.1) is 33.1 Å². The largest absolute Gasteiger partial charge is 0.373 e. The van der Waals surface area contributed by atoms with Crippen molar-refractivity contribution < 1.29 is 18.3 Å². The first-order valence-electron chi connectivity index (χ1n) is 14.6. The molecule has 0 amide bonds. The van der Waals surface area contributed by atoms with Crippen LogP contribution in [0.15, 0.2) is 65.7 Å². The van der Waals surface area contributed by atoms with E-state index in [2.05, 4.69) is 25.7 Å². The molecule has 1 N–H and O–H groups in total. The quantitative estimate of drug-likeness (QED) is 0.154. The fourth-order valence-electron chi connectivity index (χ4n) is 6.06. The third kappa shape index (κ3) is 4.90. The van der Waals surface area contributed by atoms with Crippen LogP contribution in [0.2, 0.25) is 25.7 Å². The van der Waals surface area contributed by atoms with Gasteiger partial charge in [-0.15, -0.1) is 0 Å². The number of rotatable bonds is 8. The van der Waals surface area contributed by atoms with E-state index in [1.165, 1.54) is 3.97 Å². The summed E-state index contributed by atoms with van der Waals surface area (Å²) in [4.78, 5) is 5.09. The molecular formula is C34H36N4O4SSi. The molecule has 2 heterocycles. The number of aryl methyl sites for hydroxylation is 3. The van der Waals surface area contributed by atoms with Gasteiger partial charge in [0, 0.05) is 37.4 Å². The first kappa shape index (κ1) is 30.0. The lowest BCUT2D eigenvalue weighted by molar-refractivity contribution is 0.0688. The lowest BCUT2D eigenvalue weighted by Gasteiger charge is -2.31. The molecule has 0 radical (unpaired) electrons. The number of aromatic nitrogens is 3. The second-order valence-corrected chi connectivity index (χ2v) is 20.4. The molecule has 2 aromatic heterocycles. The Morgan fingerprint density at radius 2 is 1.77 bits per heavy atom. The predicted octanol–water partition coefficient (Wildman–Crippen LogP) is 6.60. The summed E-state index contributed by atoms with van der Waals surface area (Å²) in [6, 6.07) is 17.1. The zero-order chi connectivity index (χ0) is 31.6. The lowest BCUT2D eigenvalue weighted by Crippen LogP contribution is -2.32. The van der Waals surface area contributed by atoms with Crippen LogP contribution in [0.4, 0.5) is 0 Å². The van der Waals surface area contributed by atoms with Crippen LogP contribution in [0.25, 0.3) is 28.0 Å². The van der Waals surface area contributed by atoms with Crippen molar-refractivity contribution in [2.24, 2.45) is 0 Å². The van der Waals surface area contributed by atoms with Gasteiger partial charge in [-0.3, -0.25) is 0 Å². The maximum absolute atomic E-state index is 14.0. The highest BCUT2D eigenvalue weighted by molar-refractivity contribution is 7.90. The Morgan fingerprint density at radius 3 is 2.45 bits per heavy atom. The molecule has 8 nitrogen and oxygen atoms in total. The van der Waals surface area contributed by atoms with E-state index in [1.807, 2.05) is 37.5 Å². The van der Waals surface area contributed by atoms with Crippen LogP contribution < -0.4 is 0 Å². The molecule has 0 saturated carbocycles. The first-order chi connectivity index (χ1) is 20.7. The molecule has 1 aliphatic rings. The minimum Gasteiger partial charge on any atom is -0.373 e. The summed E-state index contributed by atoms with van der Waals surface area (Å²) in [5.74, 6) is 0.347. The van der Waals surface area contributed by atoms with E-state index >= 15 is 0 Å². The summed E-state index contributed by atoms with van der Waals surface area (Å²) in [6.07, 6.45) is 5.08. The standard InChI is InChI=1S/C34H36N4O4SSi/c1-22-7-10-27(11-8-22)43(40,41)38-20-26-13-14-34(39,31-23(2)17-24(3)32(38)30(26)31)33-36-28-18-25(19-35)9-12-29(28)37(33)21-42-15-16-44(4,5)6/h7-14,17-18,20,39H,15-16,21H2,1-6H3. The minimum absolute atomic E-state index is 0.169. The van der Waals surface area contributed by atoms with Gasteiger partial charge in [-0.25, -0.2) is 17.4 Å². The van der Waals surface area contributed by atoms with Gasteiger partial charge in [0.2, 0.25) is 0 Å². The van der Waals surface area contributed by atoms with E-state index in [4.69, 9.17) is 9.72 Å². The number of hydrogen-bond acceptors (Lipinski definition) is 6. The molecule has 44 heavy (non-hydrogen) atoms. The smallest absolute Gasteiger partial charge is 0.268 e. The zero-order valence-corrected chi connectivity index (χ0v) is 27.7. The molecule has 6 rings (SSSR count). The van der Waals surface area contributed by atoms with Gasteiger partial charge < -0.3 is 14.4 Å². The topological polar surface area (TPSA) is 110 Å². The molecule has 0 saturated heterocycles. The van der Waals surface area contributed by atoms with Crippen molar-refractivity contribution >= 4 is 46.1 Å². The number of imidazole rings is 1. The normalized spacial score (nSPS) is 16.6. The first-order valence-corrected chi connectivity index (χ1v) is 19.8. The summed E-state index contributed by atoms with van der Waals surface area (Å²) >= 11 is 0. The van der Waals surface area contributed by atoms with Crippen molar-refractivity contribution in [3.8, 4) is 6.07 Å². The number of aliphatic hydroxyl groups is 1. The maximum atomic E-state index is 14.0. The molecule has 0 aliphatic heterocycles. The predicted molar refractivity (Wildman–Crippen MR) is 176 cm³/mol. The van der Waals surface area contributed by atoms with Crippen LogP contribution in [0.3, 0.4) is 0 Å². The molecular weight excluding hydrogens is 589 g/mol. The Balaban J connectivity index is 1.56. The summed E-state index contributed by atoms with van der Waals surface area (Å²) in [5, 5.41) is 22.9. The Labute approximate surface area is 258 Å². The van der Waals surface area contributed by atoms with Gasteiger partial charge in [-0.05, 0) is 74.4 Å². The Hall–Kier alpha value is -4.01. The lowest BCUT2D eigenvalue weighted by atomic mass is 9.81. The van der Waals surface area contributed by atoms with Crippen molar-refractivity contribution in [3.05, 3.63) is 100 Å². The number of benzene rings is 3. The second-order valence-electron chi connectivity index (χ2n) is 12.9. The number of fused-ring (bicyclic) bond motifs is 1. The van der Waals surface area contributed by atoms with Gasteiger partial charge in [-0.1, -0.05) is 49.5 Å². The van der Waals surface area contributed by atoms with E-state index in [-0.39, 0.29) is 11.6 Å². The van der Waals surface area contributed by atoms with Crippen molar-refractivity contribution in [1.82, 2.24) is 13.5 Å². The van der Waals surface area contributed by atoms with Gasteiger partial charge in [0.1, 0.15) is 6.73 Å². The third-order valence-electron chi connectivity index (χ3n) is 8.35. The van der Waals surface area contributed by atoms with E-state index < -0.39 is 23.7 Å². The van der Waals surface area contributed by atoms with Crippen LogP contribution in [0.1, 0.15) is 39.2 Å². The number of nitrogens with zero attached hydrogens (tertiary/aromatic N) is 4. The zero-order valence-electron chi connectivity index (χ0n) is 25.8. The summed E-state index contributed by atoms with van der Waals surface area (Å²) < 4.78 is 37.3. The SMILES string of the molecule is Cc1ccc(S(=O)(=O)n2cc3c4c(c(C)cc(C)c42)C(O)(c2nc4cc(C#N)ccc4n2COCC[Si](C)(C)C)C=C3)cc1. The number of ether oxygens (including phenoxy) is 1. The van der Waals surface area contributed by atoms with Crippen molar-refractivity contribution in [3.63, 3.8) is 0 Å². The Morgan fingerprint density at radius 1 is 1.05 bits per heavy atom. The highest BCUT2D eigenvalue weighted by atomic mass is 32.2. The van der Waals surface area contributed by atoms with Crippen molar-refractivity contribution in [2.75, 3.05) is 6.61 Å². The summed E-state index contributed by atoms with van der Waals surface area (Å²) in [5.41, 5.74) is 4.43. The monoisotopic (exact) mass is 624 g/mol. The molecule has 0 spiro atoms. The molecule has 5 aromatic rings. The highest BCUT2D eigenvalue weighted by Gasteiger charge is 2.41. The molecule has 3 aromatic carbocycles. The Bertz CT molecular complexity index is 2130. The van der Waals surface area contributed by atoms with Crippen LogP contribution in [0, 0.1) is 32.1 Å². The molecule has 0 bridgehead atoms. The van der Waals surface area contributed by atoms with Crippen LogP contribution >= 0.6 is 0 Å². The van der Waals surface area contributed by atoms with Gasteiger partial charge in [0.15, 0.2) is 11.4 Å². The van der Waals surface area contributed by atoms with E-state index in [0.29, 0.717) is 45.5 Å².